The Hall–Kier alpha value is -1.77. The molecular weight excluding hydrogens is 258 g/mol. The van der Waals surface area contributed by atoms with Gasteiger partial charge in [-0.2, -0.15) is 0 Å². The zero-order chi connectivity index (χ0) is 16.4. The van der Waals surface area contributed by atoms with Crippen LogP contribution < -0.4 is 10.6 Å². The number of allylic oxidation sites excluding steroid dienone is 7. The fourth-order valence-electron chi connectivity index (χ4n) is 1.90. The summed E-state index contributed by atoms with van der Waals surface area (Å²) in [5.41, 5.74) is 6.66. The van der Waals surface area contributed by atoms with E-state index in [0.29, 0.717) is 0 Å². The van der Waals surface area contributed by atoms with Crippen molar-refractivity contribution < 1.29 is 0 Å². The molecule has 0 saturated carbocycles. The lowest BCUT2D eigenvalue weighted by Crippen LogP contribution is -2.14. The number of rotatable bonds is 8. The van der Waals surface area contributed by atoms with Crippen molar-refractivity contribution in [3.63, 3.8) is 0 Å². The number of nitrogens with zero attached hydrogens (tertiary/aromatic N) is 1. The molecule has 0 aliphatic carbocycles. The first kappa shape index (κ1) is 19.2. The van der Waals surface area contributed by atoms with E-state index in [0.717, 1.165) is 35.5 Å². The van der Waals surface area contributed by atoms with Crippen LogP contribution in [0.5, 0.6) is 0 Å². The van der Waals surface area contributed by atoms with Gasteiger partial charge in [-0.25, -0.2) is 0 Å². The van der Waals surface area contributed by atoms with E-state index in [4.69, 9.17) is 0 Å². The van der Waals surface area contributed by atoms with Gasteiger partial charge in [-0.3, -0.25) is 4.99 Å². The van der Waals surface area contributed by atoms with Crippen LogP contribution in [0.15, 0.2) is 51.8 Å². The molecule has 3 nitrogen and oxygen atoms in total. The Balaban J connectivity index is 5.59. The van der Waals surface area contributed by atoms with E-state index in [9.17, 15) is 0 Å². The first-order valence-electron chi connectivity index (χ1n) is 7.51. The van der Waals surface area contributed by atoms with Crippen molar-refractivity contribution in [2.45, 2.75) is 41.0 Å². The summed E-state index contributed by atoms with van der Waals surface area (Å²) in [6.45, 7) is 15.4. The maximum atomic E-state index is 4.44. The Kier molecular flexibility index (Phi) is 9.18. The van der Waals surface area contributed by atoms with E-state index in [1.165, 1.54) is 11.3 Å². The first-order valence-corrected chi connectivity index (χ1v) is 7.51. The summed E-state index contributed by atoms with van der Waals surface area (Å²) >= 11 is 0. The van der Waals surface area contributed by atoms with Gasteiger partial charge >= 0.3 is 0 Å². The van der Waals surface area contributed by atoms with Gasteiger partial charge in [-0.05, 0) is 56.9 Å². The minimum Gasteiger partial charge on any atom is -0.391 e. The lowest BCUT2D eigenvalue weighted by molar-refractivity contribution is 0.763. The second kappa shape index (κ2) is 10.0. The molecule has 0 bridgehead atoms. The zero-order valence-electron chi connectivity index (χ0n) is 14.7. The lowest BCUT2D eigenvalue weighted by Gasteiger charge is -2.13. The van der Waals surface area contributed by atoms with Gasteiger partial charge in [-0.1, -0.05) is 19.6 Å². The highest BCUT2D eigenvalue weighted by Gasteiger charge is 2.09. The smallest absolute Gasteiger partial charge is 0.0689 e. The summed E-state index contributed by atoms with van der Waals surface area (Å²) in [6, 6.07) is 0. The van der Waals surface area contributed by atoms with Crippen LogP contribution in [-0.4, -0.2) is 26.4 Å². The van der Waals surface area contributed by atoms with Crippen LogP contribution in [0.4, 0.5) is 0 Å². The third-order valence-electron chi connectivity index (χ3n) is 3.61. The van der Waals surface area contributed by atoms with Gasteiger partial charge < -0.3 is 10.6 Å². The van der Waals surface area contributed by atoms with Crippen LogP contribution in [0.3, 0.4) is 0 Å². The van der Waals surface area contributed by atoms with Crippen LogP contribution in [0.25, 0.3) is 0 Å². The molecule has 0 aliphatic rings. The van der Waals surface area contributed by atoms with Gasteiger partial charge in [0.15, 0.2) is 0 Å². The van der Waals surface area contributed by atoms with E-state index < -0.39 is 0 Å². The fraction of sp³-hybridized carbons (Fsp3) is 0.500. The Morgan fingerprint density at radius 2 is 1.76 bits per heavy atom. The van der Waals surface area contributed by atoms with E-state index in [1.807, 2.05) is 20.2 Å². The summed E-state index contributed by atoms with van der Waals surface area (Å²) in [4.78, 5) is 4.44. The quantitative estimate of drug-likeness (QED) is 0.524. The van der Waals surface area contributed by atoms with Gasteiger partial charge in [0.2, 0.25) is 0 Å². The van der Waals surface area contributed by atoms with Gasteiger partial charge in [0.25, 0.3) is 0 Å². The molecule has 0 aromatic rings. The molecule has 0 amide bonds. The minimum atomic E-state index is 0.972. The van der Waals surface area contributed by atoms with E-state index >= 15 is 0 Å². The molecule has 0 spiro atoms. The fourth-order valence-corrected chi connectivity index (χ4v) is 1.90. The molecule has 3 heteroatoms. The summed E-state index contributed by atoms with van der Waals surface area (Å²) in [7, 11) is 3.74. The largest absolute Gasteiger partial charge is 0.391 e. The van der Waals surface area contributed by atoms with E-state index in [1.54, 1.807) is 0 Å². The van der Waals surface area contributed by atoms with E-state index in [-0.39, 0.29) is 0 Å². The molecule has 0 heterocycles. The number of aliphatic imine (C=N–C) groups is 1. The molecular formula is C18H31N3. The Bertz CT molecular complexity index is 477. The van der Waals surface area contributed by atoms with Crippen LogP contribution in [-0.2, 0) is 0 Å². The summed E-state index contributed by atoms with van der Waals surface area (Å²) in [5.74, 6) is 0. The van der Waals surface area contributed by atoms with Crippen LogP contribution in [0.2, 0.25) is 0 Å². The Morgan fingerprint density at radius 3 is 2.19 bits per heavy atom. The van der Waals surface area contributed by atoms with E-state index in [2.05, 4.69) is 62.9 Å². The SMILES string of the molecule is C=CC(=C\C(C)=C(/C)NCCC)/C(=N/C)C(/C)=C(\C)NC. The van der Waals surface area contributed by atoms with Crippen LogP contribution in [0.1, 0.15) is 41.0 Å². The van der Waals surface area contributed by atoms with Crippen LogP contribution >= 0.6 is 0 Å². The predicted molar refractivity (Wildman–Crippen MR) is 95.7 cm³/mol. The standard InChI is InChI=1S/C18H31N3/c1-9-11-21-15(5)13(3)12-17(10-2)18(20-8)14(4)16(6)19-7/h10,12,19,21H,2,9,11H2,1,3-8H3/b15-13+,16-14+,17-12+,20-18+. The lowest BCUT2D eigenvalue weighted by atomic mass is 9.99. The molecule has 118 valence electrons. The summed E-state index contributed by atoms with van der Waals surface area (Å²) in [5, 5.41) is 6.59. The maximum absolute atomic E-state index is 4.44. The van der Waals surface area contributed by atoms with Crippen LogP contribution in [0, 0.1) is 0 Å². The number of hydrogen-bond acceptors (Lipinski definition) is 3. The summed E-state index contributed by atoms with van der Waals surface area (Å²) in [6.07, 6.45) is 5.12. The molecule has 0 aliphatic heterocycles. The van der Waals surface area contributed by atoms with Crippen molar-refractivity contribution in [1.82, 2.24) is 10.6 Å². The topological polar surface area (TPSA) is 36.4 Å². The van der Waals surface area contributed by atoms with Crippen molar-refractivity contribution in [1.29, 1.82) is 0 Å². The number of hydrogen-bond donors (Lipinski definition) is 2. The molecule has 0 aromatic heterocycles. The normalized spacial score (nSPS) is 15.2. The minimum absolute atomic E-state index is 0.972. The Morgan fingerprint density at radius 1 is 1.14 bits per heavy atom. The average molecular weight is 289 g/mol. The molecule has 21 heavy (non-hydrogen) atoms. The molecule has 0 unspecified atom stereocenters. The van der Waals surface area contributed by atoms with Crippen molar-refractivity contribution >= 4 is 5.71 Å². The monoisotopic (exact) mass is 289 g/mol. The molecule has 0 atom stereocenters. The second-order valence-electron chi connectivity index (χ2n) is 5.11. The van der Waals surface area contributed by atoms with Crippen molar-refractivity contribution in [3.05, 3.63) is 46.8 Å². The second-order valence-corrected chi connectivity index (χ2v) is 5.11. The predicted octanol–water partition coefficient (Wildman–Crippen LogP) is 3.98. The van der Waals surface area contributed by atoms with Gasteiger partial charge in [0.05, 0.1) is 5.71 Å². The molecule has 0 rings (SSSR count). The summed E-state index contributed by atoms with van der Waals surface area (Å²) < 4.78 is 0. The highest BCUT2D eigenvalue weighted by molar-refractivity contribution is 6.14. The van der Waals surface area contributed by atoms with Crippen molar-refractivity contribution in [2.75, 3.05) is 20.6 Å². The van der Waals surface area contributed by atoms with Gasteiger partial charge in [-0.15, -0.1) is 0 Å². The van der Waals surface area contributed by atoms with Gasteiger partial charge in [0, 0.05) is 32.0 Å². The van der Waals surface area contributed by atoms with Crippen molar-refractivity contribution in [3.8, 4) is 0 Å². The van der Waals surface area contributed by atoms with Gasteiger partial charge in [0.1, 0.15) is 0 Å². The van der Waals surface area contributed by atoms with Crippen molar-refractivity contribution in [2.24, 2.45) is 4.99 Å². The highest BCUT2D eigenvalue weighted by atomic mass is 14.9. The third-order valence-corrected chi connectivity index (χ3v) is 3.61. The molecule has 0 saturated heterocycles. The molecule has 0 aromatic carbocycles. The third kappa shape index (κ3) is 6.03. The zero-order valence-corrected chi connectivity index (χ0v) is 14.7. The number of nitrogens with one attached hydrogen (secondary N) is 2. The molecule has 2 N–H and O–H groups in total. The first-order chi connectivity index (χ1) is 9.92. The molecule has 0 fully saturated rings. The average Bonchev–Trinajstić information content (AvgIpc) is 2.50. The molecule has 0 radical (unpaired) electrons. The Labute approximate surface area is 130 Å². The maximum Gasteiger partial charge on any atom is 0.0689 e. The highest BCUT2D eigenvalue weighted by Crippen LogP contribution is 2.15.